The fraction of sp³-hybridized carbons (Fsp3) is 0.333. The third-order valence-electron chi connectivity index (χ3n) is 4.14. The number of unbranched alkanes of at least 4 members (excludes halogenated alkanes) is 1. The molecule has 156 valence electrons. The molecular weight excluding hydrogens is 385 g/mol. The van der Waals surface area contributed by atoms with Gasteiger partial charge in [-0.2, -0.15) is 13.2 Å². The lowest BCUT2D eigenvalue weighted by molar-refractivity contribution is -0.137. The van der Waals surface area contributed by atoms with Crippen LogP contribution in [0.5, 0.6) is 5.75 Å². The monoisotopic (exact) mass is 408 g/mol. The highest BCUT2D eigenvalue weighted by atomic mass is 19.4. The van der Waals surface area contributed by atoms with Crippen LogP contribution >= 0.6 is 0 Å². The van der Waals surface area contributed by atoms with Crippen LogP contribution in [0.4, 0.5) is 18.9 Å². The maximum Gasteiger partial charge on any atom is 0.416 e. The summed E-state index contributed by atoms with van der Waals surface area (Å²) >= 11 is 0. The van der Waals surface area contributed by atoms with Crippen LogP contribution in [0.3, 0.4) is 0 Å². The summed E-state index contributed by atoms with van der Waals surface area (Å²) in [4.78, 5) is 25.8. The minimum atomic E-state index is -4.49. The summed E-state index contributed by atoms with van der Waals surface area (Å²) in [5.74, 6) is -0.326. The molecule has 0 aliphatic carbocycles. The van der Waals surface area contributed by atoms with Crippen LogP contribution in [0.25, 0.3) is 0 Å². The number of alkyl halides is 3. The lowest BCUT2D eigenvalue weighted by Crippen LogP contribution is -2.27. The van der Waals surface area contributed by atoms with Crippen LogP contribution in [-0.4, -0.2) is 36.9 Å². The van der Waals surface area contributed by atoms with Crippen LogP contribution in [0.1, 0.15) is 35.7 Å². The molecule has 1 N–H and O–H groups in total. The Hall–Kier alpha value is -3.03. The van der Waals surface area contributed by atoms with Gasteiger partial charge in [-0.3, -0.25) is 9.59 Å². The quantitative estimate of drug-likeness (QED) is 0.695. The molecule has 2 aromatic rings. The zero-order valence-electron chi connectivity index (χ0n) is 16.3. The van der Waals surface area contributed by atoms with E-state index >= 15 is 0 Å². The first-order chi connectivity index (χ1) is 13.7. The van der Waals surface area contributed by atoms with E-state index in [0.29, 0.717) is 17.9 Å². The van der Waals surface area contributed by atoms with Crippen molar-refractivity contribution in [1.29, 1.82) is 0 Å². The number of hydrogen-bond acceptors (Lipinski definition) is 3. The fourth-order valence-electron chi connectivity index (χ4n) is 2.53. The van der Waals surface area contributed by atoms with Crippen molar-refractivity contribution < 1.29 is 27.5 Å². The molecule has 0 saturated carbocycles. The third kappa shape index (κ3) is 6.81. The molecule has 0 saturated heterocycles. The first-order valence-corrected chi connectivity index (χ1v) is 9.16. The summed E-state index contributed by atoms with van der Waals surface area (Å²) in [5.41, 5.74) is -0.311. The Morgan fingerprint density at radius 1 is 1.10 bits per heavy atom. The summed E-state index contributed by atoms with van der Waals surface area (Å²) in [6, 6.07) is 10.7. The highest BCUT2D eigenvalue weighted by molar-refractivity contribution is 5.94. The van der Waals surface area contributed by atoms with Gasteiger partial charge in [0.25, 0.3) is 11.8 Å². The molecule has 2 aromatic carbocycles. The summed E-state index contributed by atoms with van der Waals surface area (Å²) in [7, 11) is 1.74. The van der Waals surface area contributed by atoms with Gasteiger partial charge in [-0.05, 0) is 48.9 Å². The standard InChI is InChI=1S/C21H23F3N2O3/c1-3-4-12-26(2)20(28)15-8-10-18(11-9-15)29-14-19(27)25-17-7-5-6-16(13-17)21(22,23)24/h5-11,13H,3-4,12,14H2,1-2H3,(H,25,27). The molecule has 0 aliphatic rings. The van der Waals surface area contributed by atoms with Gasteiger partial charge < -0.3 is 15.0 Å². The van der Waals surface area contributed by atoms with E-state index in [0.717, 1.165) is 25.0 Å². The fourth-order valence-corrected chi connectivity index (χ4v) is 2.53. The molecule has 0 aromatic heterocycles. The van der Waals surface area contributed by atoms with E-state index in [2.05, 4.69) is 5.32 Å². The van der Waals surface area contributed by atoms with E-state index in [1.54, 1.807) is 36.2 Å². The van der Waals surface area contributed by atoms with Crippen molar-refractivity contribution in [3.8, 4) is 5.75 Å². The molecule has 8 heteroatoms. The zero-order valence-corrected chi connectivity index (χ0v) is 16.3. The molecule has 29 heavy (non-hydrogen) atoms. The second-order valence-corrected chi connectivity index (χ2v) is 6.52. The lowest BCUT2D eigenvalue weighted by Gasteiger charge is -2.17. The molecule has 0 fully saturated rings. The number of carbonyl (C=O) groups is 2. The molecule has 2 amide bonds. The number of halogens is 3. The Kier molecular flexibility index (Phi) is 7.64. The highest BCUT2D eigenvalue weighted by Gasteiger charge is 2.30. The van der Waals surface area contributed by atoms with E-state index in [4.69, 9.17) is 4.74 Å². The van der Waals surface area contributed by atoms with E-state index < -0.39 is 17.6 Å². The van der Waals surface area contributed by atoms with Crippen molar-refractivity contribution in [3.05, 3.63) is 59.7 Å². The number of hydrogen-bond donors (Lipinski definition) is 1. The van der Waals surface area contributed by atoms with Crippen molar-refractivity contribution in [1.82, 2.24) is 4.90 Å². The zero-order chi connectivity index (χ0) is 21.4. The number of benzene rings is 2. The smallest absolute Gasteiger partial charge is 0.416 e. The maximum absolute atomic E-state index is 12.7. The molecule has 0 radical (unpaired) electrons. The Bertz CT molecular complexity index is 836. The number of nitrogens with one attached hydrogen (secondary N) is 1. The van der Waals surface area contributed by atoms with E-state index in [9.17, 15) is 22.8 Å². The predicted molar refractivity (Wildman–Crippen MR) is 104 cm³/mol. The average Bonchev–Trinajstić information content (AvgIpc) is 2.70. The predicted octanol–water partition coefficient (Wildman–Crippen LogP) is 4.60. The lowest BCUT2D eigenvalue weighted by atomic mass is 10.2. The summed E-state index contributed by atoms with van der Waals surface area (Å²) < 4.78 is 43.5. The second-order valence-electron chi connectivity index (χ2n) is 6.52. The number of anilines is 1. The average molecular weight is 408 g/mol. The molecule has 5 nitrogen and oxygen atoms in total. The van der Waals surface area contributed by atoms with Gasteiger partial charge in [0.1, 0.15) is 5.75 Å². The van der Waals surface area contributed by atoms with E-state index in [1.807, 2.05) is 6.92 Å². The van der Waals surface area contributed by atoms with Gasteiger partial charge in [0, 0.05) is 24.8 Å². The minimum Gasteiger partial charge on any atom is -0.484 e. The van der Waals surface area contributed by atoms with E-state index in [1.165, 1.54) is 12.1 Å². The number of carbonyl (C=O) groups excluding carboxylic acids is 2. The van der Waals surface area contributed by atoms with Crippen LogP contribution in [0.15, 0.2) is 48.5 Å². The van der Waals surface area contributed by atoms with Gasteiger partial charge in [-0.1, -0.05) is 19.4 Å². The Morgan fingerprint density at radius 2 is 1.79 bits per heavy atom. The molecule has 2 rings (SSSR count). The largest absolute Gasteiger partial charge is 0.484 e. The number of rotatable bonds is 8. The van der Waals surface area contributed by atoms with Crippen molar-refractivity contribution >= 4 is 17.5 Å². The first-order valence-electron chi connectivity index (χ1n) is 9.16. The number of nitrogens with zero attached hydrogens (tertiary/aromatic N) is 1. The van der Waals surface area contributed by atoms with Crippen LogP contribution in [0, 0.1) is 0 Å². The van der Waals surface area contributed by atoms with Crippen molar-refractivity contribution in [2.75, 3.05) is 25.5 Å². The van der Waals surface area contributed by atoms with Gasteiger partial charge in [-0.25, -0.2) is 0 Å². The Morgan fingerprint density at radius 3 is 2.41 bits per heavy atom. The van der Waals surface area contributed by atoms with Gasteiger partial charge in [0.2, 0.25) is 0 Å². The SMILES string of the molecule is CCCCN(C)C(=O)c1ccc(OCC(=O)Nc2cccc(C(F)(F)F)c2)cc1. The van der Waals surface area contributed by atoms with Gasteiger partial charge in [-0.15, -0.1) is 0 Å². The van der Waals surface area contributed by atoms with Crippen LogP contribution in [-0.2, 0) is 11.0 Å². The van der Waals surface area contributed by atoms with Crippen molar-refractivity contribution in [3.63, 3.8) is 0 Å². The topological polar surface area (TPSA) is 58.6 Å². The molecule has 0 aliphatic heterocycles. The number of ether oxygens (including phenoxy) is 1. The Labute approximate surface area is 167 Å². The molecule has 0 spiro atoms. The molecule has 0 atom stereocenters. The molecule has 0 bridgehead atoms. The maximum atomic E-state index is 12.7. The first kappa shape index (κ1) is 22.3. The van der Waals surface area contributed by atoms with Crippen LogP contribution < -0.4 is 10.1 Å². The van der Waals surface area contributed by atoms with Gasteiger partial charge in [0.05, 0.1) is 5.56 Å². The van der Waals surface area contributed by atoms with Crippen molar-refractivity contribution in [2.45, 2.75) is 25.9 Å². The Balaban J connectivity index is 1.88. The normalized spacial score (nSPS) is 11.1. The highest BCUT2D eigenvalue weighted by Crippen LogP contribution is 2.30. The van der Waals surface area contributed by atoms with E-state index in [-0.39, 0.29) is 18.2 Å². The summed E-state index contributed by atoms with van der Waals surface area (Å²) in [6.45, 7) is 2.34. The molecule has 0 heterocycles. The second kappa shape index (κ2) is 9.95. The molecule has 0 unspecified atom stereocenters. The third-order valence-corrected chi connectivity index (χ3v) is 4.14. The van der Waals surface area contributed by atoms with Crippen LogP contribution in [0.2, 0.25) is 0 Å². The van der Waals surface area contributed by atoms with Gasteiger partial charge in [0.15, 0.2) is 6.61 Å². The molecular formula is C21H23F3N2O3. The summed E-state index contributed by atoms with van der Waals surface area (Å²) in [5, 5.41) is 2.36. The minimum absolute atomic E-state index is 0.0319. The summed E-state index contributed by atoms with van der Waals surface area (Å²) in [6.07, 6.45) is -2.57. The van der Waals surface area contributed by atoms with Crippen molar-refractivity contribution in [2.24, 2.45) is 0 Å². The number of amides is 2. The van der Waals surface area contributed by atoms with Gasteiger partial charge >= 0.3 is 6.18 Å².